The Morgan fingerprint density at radius 2 is 1.14 bits per heavy atom. The van der Waals surface area contributed by atoms with E-state index >= 15 is 0 Å². The van der Waals surface area contributed by atoms with Gasteiger partial charge in [0.05, 0.1) is 19.8 Å². The number of carboxylic acid groups (broad SMARTS) is 2. The predicted molar refractivity (Wildman–Crippen MR) is 139 cm³/mol. The molecule has 0 heterocycles. The van der Waals surface area contributed by atoms with E-state index in [1.165, 1.54) is 24.9 Å². The van der Waals surface area contributed by atoms with E-state index in [0.717, 1.165) is 13.1 Å². The van der Waals surface area contributed by atoms with Crippen molar-refractivity contribution in [2.24, 2.45) is 0 Å². The Bertz CT molecular complexity index is 552. The van der Waals surface area contributed by atoms with Crippen LogP contribution in [-0.4, -0.2) is 142 Å². The molecule has 0 aliphatic carbocycles. The van der Waals surface area contributed by atoms with Crippen LogP contribution in [0.15, 0.2) is 0 Å². The summed E-state index contributed by atoms with van der Waals surface area (Å²) >= 11 is 0. The normalized spacial score (nSPS) is 13.6. The van der Waals surface area contributed by atoms with E-state index in [2.05, 4.69) is 61.1 Å². The number of aliphatic carboxylic acids is 2. The summed E-state index contributed by atoms with van der Waals surface area (Å²) in [5.74, 6) is -2.23. The van der Waals surface area contributed by atoms with Gasteiger partial charge in [-0.3, -0.25) is 39.7 Å². The Kier molecular flexibility index (Phi) is 22.1. The van der Waals surface area contributed by atoms with Crippen molar-refractivity contribution >= 4 is 11.9 Å². The SMILES string of the molecule is CC(COO)N(CCOO)CCN(CC(=O)O)C(C)C(=O)O.CCN(CCN(CC)C(C)C)C(C)C. The van der Waals surface area contributed by atoms with Crippen molar-refractivity contribution in [1.82, 2.24) is 19.6 Å². The largest absolute Gasteiger partial charge is 0.480 e. The molecule has 0 rings (SSSR count). The zero-order valence-electron chi connectivity index (χ0n) is 23.6. The molecular formula is C24H52N4O8. The third-order valence-corrected chi connectivity index (χ3v) is 6.27. The fraction of sp³-hybridized carbons (Fsp3) is 0.917. The van der Waals surface area contributed by atoms with Crippen LogP contribution in [0.5, 0.6) is 0 Å². The van der Waals surface area contributed by atoms with E-state index in [-0.39, 0.29) is 25.8 Å². The zero-order chi connectivity index (χ0) is 28.3. The standard InChI is InChI=1S/C12H24N2O8.C12H28N2/c1-9(8-22-20)13(5-6-21-19)3-4-14(7-11(15)16)10(2)12(17)18;1-7-13(11(3)4)9-10-14(8-2)12(5)6/h9-10,19-20H,3-8H2,1-2H3,(H,15,16)(H,17,18);11-12H,7-10H2,1-6H3. The van der Waals surface area contributed by atoms with Crippen molar-refractivity contribution in [1.29, 1.82) is 0 Å². The molecule has 0 aliphatic rings. The van der Waals surface area contributed by atoms with Crippen molar-refractivity contribution in [2.45, 2.75) is 79.6 Å². The van der Waals surface area contributed by atoms with Crippen LogP contribution in [-0.2, 0) is 19.4 Å². The first-order valence-corrected chi connectivity index (χ1v) is 12.8. The Morgan fingerprint density at radius 1 is 0.694 bits per heavy atom. The van der Waals surface area contributed by atoms with Gasteiger partial charge in [0.1, 0.15) is 6.04 Å². The first-order chi connectivity index (χ1) is 16.9. The lowest BCUT2D eigenvalue weighted by atomic mass is 10.2. The molecule has 36 heavy (non-hydrogen) atoms. The van der Waals surface area contributed by atoms with E-state index in [4.69, 9.17) is 20.7 Å². The van der Waals surface area contributed by atoms with E-state index in [1.807, 2.05) is 0 Å². The summed E-state index contributed by atoms with van der Waals surface area (Å²) in [6, 6.07) is 0.167. The molecule has 0 fully saturated rings. The first kappa shape index (κ1) is 36.8. The molecule has 0 amide bonds. The summed E-state index contributed by atoms with van der Waals surface area (Å²) in [4.78, 5) is 38.1. The molecule has 0 aromatic rings. The molecule has 0 spiro atoms. The summed E-state index contributed by atoms with van der Waals surface area (Å²) in [6.07, 6.45) is 0. The number of hydrogen-bond donors (Lipinski definition) is 4. The molecular weight excluding hydrogens is 472 g/mol. The Balaban J connectivity index is 0. The molecule has 0 radical (unpaired) electrons. The van der Waals surface area contributed by atoms with Gasteiger partial charge in [0, 0.05) is 50.8 Å². The number of likely N-dealkylation sites (N-methyl/N-ethyl adjacent to an activating group) is 2. The molecule has 216 valence electrons. The zero-order valence-corrected chi connectivity index (χ0v) is 23.6. The monoisotopic (exact) mass is 524 g/mol. The van der Waals surface area contributed by atoms with E-state index in [9.17, 15) is 9.59 Å². The highest BCUT2D eigenvalue weighted by atomic mass is 17.1. The molecule has 0 bridgehead atoms. The van der Waals surface area contributed by atoms with Gasteiger partial charge in [0.2, 0.25) is 0 Å². The van der Waals surface area contributed by atoms with Crippen LogP contribution in [0.1, 0.15) is 55.4 Å². The maximum Gasteiger partial charge on any atom is 0.320 e. The van der Waals surface area contributed by atoms with Gasteiger partial charge in [-0.25, -0.2) is 9.78 Å². The Labute approximate surface area is 217 Å². The van der Waals surface area contributed by atoms with Crippen molar-refractivity contribution < 1.29 is 40.1 Å². The van der Waals surface area contributed by atoms with Crippen LogP contribution < -0.4 is 0 Å². The maximum absolute atomic E-state index is 11.0. The molecule has 0 aromatic heterocycles. The average Bonchev–Trinajstić information content (AvgIpc) is 2.80. The number of carbonyl (C=O) groups is 2. The molecule has 2 unspecified atom stereocenters. The van der Waals surface area contributed by atoms with Gasteiger partial charge in [-0.1, -0.05) is 13.8 Å². The third kappa shape index (κ3) is 17.1. The highest BCUT2D eigenvalue weighted by Crippen LogP contribution is 2.05. The number of rotatable bonds is 20. The molecule has 2 atom stereocenters. The summed E-state index contributed by atoms with van der Waals surface area (Å²) in [7, 11) is 0. The maximum atomic E-state index is 11.0. The summed E-state index contributed by atoms with van der Waals surface area (Å²) in [5, 5.41) is 34.8. The van der Waals surface area contributed by atoms with Gasteiger partial charge < -0.3 is 10.2 Å². The number of nitrogens with zero attached hydrogens (tertiary/aromatic N) is 4. The summed E-state index contributed by atoms with van der Waals surface area (Å²) < 4.78 is 0. The molecule has 0 saturated carbocycles. The molecule has 0 aromatic carbocycles. The van der Waals surface area contributed by atoms with Gasteiger partial charge in [-0.2, -0.15) is 0 Å². The van der Waals surface area contributed by atoms with Gasteiger partial charge in [0.15, 0.2) is 0 Å². The summed E-state index contributed by atoms with van der Waals surface area (Å²) in [5.41, 5.74) is 0. The van der Waals surface area contributed by atoms with Crippen LogP contribution >= 0.6 is 0 Å². The fourth-order valence-electron chi connectivity index (χ4n) is 3.74. The highest BCUT2D eigenvalue weighted by Gasteiger charge is 2.24. The number of carboxylic acids is 2. The second-order valence-electron chi connectivity index (χ2n) is 9.34. The Morgan fingerprint density at radius 3 is 1.47 bits per heavy atom. The molecule has 4 N–H and O–H groups in total. The number of hydrogen-bond acceptors (Lipinski definition) is 10. The lowest BCUT2D eigenvalue weighted by molar-refractivity contribution is -0.257. The summed E-state index contributed by atoms with van der Waals surface area (Å²) in [6.45, 7) is 21.9. The first-order valence-electron chi connectivity index (χ1n) is 12.8. The second-order valence-corrected chi connectivity index (χ2v) is 9.34. The molecule has 0 aliphatic heterocycles. The van der Waals surface area contributed by atoms with Crippen LogP contribution in [0.2, 0.25) is 0 Å². The van der Waals surface area contributed by atoms with Gasteiger partial charge in [0.25, 0.3) is 0 Å². The predicted octanol–water partition coefficient (Wildman–Crippen LogP) is 1.96. The van der Waals surface area contributed by atoms with Gasteiger partial charge in [-0.15, -0.1) is 0 Å². The quantitative estimate of drug-likeness (QED) is 0.136. The topological polar surface area (TPSA) is 146 Å². The van der Waals surface area contributed by atoms with Gasteiger partial charge in [-0.05, 0) is 54.6 Å². The van der Waals surface area contributed by atoms with Crippen molar-refractivity contribution in [2.75, 3.05) is 65.6 Å². The van der Waals surface area contributed by atoms with Gasteiger partial charge >= 0.3 is 11.9 Å². The van der Waals surface area contributed by atoms with Crippen LogP contribution in [0.3, 0.4) is 0 Å². The van der Waals surface area contributed by atoms with E-state index in [1.54, 1.807) is 11.8 Å². The molecule has 12 nitrogen and oxygen atoms in total. The highest BCUT2D eigenvalue weighted by molar-refractivity contribution is 5.75. The smallest absolute Gasteiger partial charge is 0.320 e. The van der Waals surface area contributed by atoms with Crippen molar-refractivity contribution in [3.8, 4) is 0 Å². The minimum atomic E-state index is -1.12. The minimum Gasteiger partial charge on any atom is -0.480 e. The third-order valence-electron chi connectivity index (χ3n) is 6.27. The Hall–Kier alpha value is -1.38. The molecule has 0 saturated heterocycles. The van der Waals surface area contributed by atoms with Crippen LogP contribution in [0.25, 0.3) is 0 Å². The van der Waals surface area contributed by atoms with Crippen LogP contribution in [0.4, 0.5) is 0 Å². The van der Waals surface area contributed by atoms with Crippen LogP contribution in [0, 0.1) is 0 Å². The van der Waals surface area contributed by atoms with E-state index in [0.29, 0.717) is 25.2 Å². The van der Waals surface area contributed by atoms with E-state index < -0.39 is 24.5 Å². The second kappa shape index (κ2) is 21.7. The lowest BCUT2D eigenvalue weighted by Crippen LogP contribution is -2.48. The van der Waals surface area contributed by atoms with Crippen molar-refractivity contribution in [3.05, 3.63) is 0 Å². The average molecular weight is 525 g/mol. The van der Waals surface area contributed by atoms with Crippen molar-refractivity contribution in [3.63, 3.8) is 0 Å². The fourth-order valence-corrected chi connectivity index (χ4v) is 3.74. The lowest BCUT2D eigenvalue weighted by Gasteiger charge is -2.31. The molecule has 12 heteroatoms. The minimum absolute atomic E-state index is 0.0127.